The summed E-state index contributed by atoms with van der Waals surface area (Å²) in [6.45, 7) is 0. The number of nitrogens with two attached hydrogens (primary N) is 1. The first-order valence-corrected chi connectivity index (χ1v) is 6.12. The Hall–Kier alpha value is -1.80. The summed E-state index contributed by atoms with van der Waals surface area (Å²) in [5.41, 5.74) is 8.30. The smallest absolute Gasteiger partial charge is 0.141 e. The molecule has 0 aliphatic heterocycles. The number of hydrogen-bond acceptors (Lipinski definition) is 2. The average molecular weight is 260 g/mol. The molecule has 0 heterocycles. The predicted octanol–water partition coefficient (Wildman–Crippen LogP) is 3.28. The third-order valence-electron chi connectivity index (χ3n) is 2.67. The number of nitrogen functional groups attached to an aromatic ring is 1. The van der Waals surface area contributed by atoms with Gasteiger partial charge in [0.05, 0.1) is 0 Å². The second-order valence-electron chi connectivity index (χ2n) is 4.26. The number of hydrogen-bond donors (Lipinski definition) is 1. The SMILES string of the molecule is Nc1cccc(CC(=O)Cc2ccc(Cl)cc2)c1. The van der Waals surface area contributed by atoms with E-state index in [2.05, 4.69) is 0 Å². The van der Waals surface area contributed by atoms with Gasteiger partial charge < -0.3 is 5.73 Å². The molecule has 2 aromatic rings. The quantitative estimate of drug-likeness (QED) is 0.857. The molecule has 0 atom stereocenters. The number of carbonyl (C=O) groups is 1. The molecule has 0 radical (unpaired) electrons. The molecule has 0 amide bonds. The van der Waals surface area contributed by atoms with Crippen LogP contribution >= 0.6 is 11.6 Å². The molecule has 0 aliphatic carbocycles. The van der Waals surface area contributed by atoms with Gasteiger partial charge in [-0.3, -0.25) is 4.79 Å². The molecule has 2 nitrogen and oxygen atoms in total. The Labute approximate surface area is 111 Å². The molecule has 0 aromatic heterocycles. The Morgan fingerprint density at radius 2 is 1.67 bits per heavy atom. The third-order valence-corrected chi connectivity index (χ3v) is 2.92. The summed E-state index contributed by atoms with van der Waals surface area (Å²) in [4.78, 5) is 11.9. The second-order valence-corrected chi connectivity index (χ2v) is 4.70. The first kappa shape index (κ1) is 12.7. The molecule has 18 heavy (non-hydrogen) atoms. The van der Waals surface area contributed by atoms with Crippen LogP contribution in [0.15, 0.2) is 48.5 Å². The topological polar surface area (TPSA) is 43.1 Å². The minimum atomic E-state index is 0.169. The van der Waals surface area contributed by atoms with Gasteiger partial charge in [0.25, 0.3) is 0 Å². The van der Waals surface area contributed by atoms with E-state index < -0.39 is 0 Å². The highest BCUT2D eigenvalue weighted by molar-refractivity contribution is 6.30. The third kappa shape index (κ3) is 3.60. The van der Waals surface area contributed by atoms with Gasteiger partial charge in [-0.15, -0.1) is 0 Å². The molecular weight excluding hydrogens is 246 g/mol. The molecule has 0 fully saturated rings. The molecule has 2 rings (SSSR count). The van der Waals surface area contributed by atoms with E-state index in [-0.39, 0.29) is 5.78 Å². The second kappa shape index (κ2) is 5.69. The molecular formula is C15H14ClNO. The lowest BCUT2D eigenvalue weighted by atomic mass is 10.0. The maximum atomic E-state index is 11.9. The molecule has 3 heteroatoms. The van der Waals surface area contributed by atoms with E-state index >= 15 is 0 Å². The van der Waals surface area contributed by atoms with Gasteiger partial charge >= 0.3 is 0 Å². The van der Waals surface area contributed by atoms with E-state index in [0.29, 0.717) is 23.6 Å². The van der Waals surface area contributed by atoms with E-state index in [1.807, 2.05) is 36.4 Å². The number of carbonyl (C=O) groups excluding carboxylic acids is 1. The fourth-order valence-corrected chi connectivity index (χ4v) is 1.95. The normalized spacial score (nSPS) is 10.3. The Morgan fingerprint density at radius 1 is 1.00 bits per heavy atom. The monoisotopic (exact) mass is 259 g/mol. The van der Waals surface area contributed by atoms with Crippen LogP contribution in [0.2, 0.25) is 5.02 Å². The van der Waals surface area contributed by atoms with Crippen molar-refractivity contribution < 1.29 is 4.79 Å². The van der Waals surface area contributed by atoms with Crippen molar-refractivity contribution in [1.82, 2.24) is 0 Å². The van der Waals surface area contributed by atoms with Crippen LogP contribution in [0.25, 0.3) is 0 Å². The Morgan fingerprint density at radius 3 is 2.33 bits per heavy atom. The van der Waals surface area contributed by atoms with Crippen molar-refractivity contribution in [2.24, 2.45) is 0 Å². The number of Topliss-reactive ketones (excluding diaryl/α,β-unsaturated/α-hetero) is 1. The highest BCUT2D eigenvalue weighted by Gasteiger charge is 2.05. The number of ketones is 1. The van der Waals surface area contributed by atoms with Crippen LogP contribution in [0.5, 0.6) is 0 Å². The van der Waals surface area contributed by atoms with Gasteiger partial charge in [0, 0.05) is 23.6 Å². The van der Waals surface area contributed by atoms with Crippen molar-refractivity contribution in [3.8, 4) is 0 Å². The van der Waals surface area contributed by atoms with Crippen LogP contribution in [0, 0.1) is 0 Å². The fraction of sp³-hybridized carbons (Fsp3) is 0.133. The van der Waals surface area contributed by atoms with Crippen LogP contribution in [0.1, 0.15) is 11.1 Å². The van der Waals surface area contributed by atoms with Gasteiger partial charge in [-0.1, -0.05) is 35.9 Å². The predicted molar refractivity (Wildman–Crippen MR) is 74.7 cm³/mol. The Bertz CT molecular complexity index is 549. The summed E-state index contributed by atoms with van der Waals surface area (Å²) >= 11 is 5.80. The zero-order chi connectivity index (χ0) is 13.0. The van der Waals surface area contributed by atoms with Gasteiger partial charge in [0.1, 0.15) is 5.78 Å². The summed E-state index contributed by atoms with van der Waals surface area (Å²) < 4.78 is 0. The number of benzene rings is 2. The minimum absolute atomic E-state index is 0.169. The summed E-state index contributed by atoms with van der Waals surface area (Å²) in [5.74, 6) is 0.169. The maximum Gasteiger partial charge on any atom is 0.141 e. The van der Waals surface area contributed by atoms with Gasteiger partial charge in [-0.2, -0.15) is 0 Å². The largest absolute Gasteiger partial charge is 0.399 e. The number of halogens is 1. The van der Waals surface area contributed by atoms with Gasteiger partial charge in [0.15, 0.2) is 0 Å². The first-order chi connectivity index (χ1) is 8.63. The van der Waals surface area contributed by atoms with E-state index in [0.717, 1.165) is 11.1 Å². The number of rotatable bonds is 4. The summed E-state index contributed by atoms with van der Waals surface area (Å²) in [7, 11) is 0. The molecule has 0 bridgehead atoms. The Balaban J connectivity index is 1.98. The highest BCUT2D eigenvalue weighted by Crippen LogP contribution is 2.12. The lowest BCUT2D eigenvalue weighted by Gasteiger charge is -2.03. The highest BCUT2D eigenvalue weighted by atomic mass is 35.5. The molecule has 0 unspecified atom stereocenters. The summed E-state index contributed by atoms with van der Waals surface area (Å²) in [6, 6.07) is 14.8. The molecule has 0 spiro atoms. The summed E-state index contributed by atoms with van der Waals surface area (Å²) in [6.07, 6.45) is 0.833. The minimum Gasteiger partial charge on any atom is -0.399 e. The molecule has 92 valence electrons. The zero-order valence-electron chi connectivity index (χ0n) is 9.90. The van der Waals surface area contributed by atoms with Crippen LogP contribution in [0.3, 0.4) is 0 Å². The van der Waals surface area contributed by atoms with Gasteiger partial charge in [-0.25, -0.2) is 0 Å². The standard InChI is InChI=1S/C15H14ClNO/c16-13-6-4-11(5-7-13)9-15(18)10-12-2-1-3-14(17)8-12/h1-8H,9-10,17H2. The first-order valence-electron chi connectivity index (χ1n) is 5.74. The van der Waals surface area contributed by atoms with E-state index in [1.165, 1.54) is 0 Å². The van der Waals surface area contributed by atoms with Gasteiger partial charge in [-0.05, 0) is 35.4 Å². The van der Waals surface area contributed by atoms with Crippen molar-refractivity contribution in [1.29, 1.82) is 0 Å². The lowest BCUT2D eigenvalue weighted by molar-refractivity contribution is -0.117. The van der Waals surface area contributed by atoms with Crippen LogP contribution < -0.4 is 5.73 Å². The van der Waals surface area contributed by atoms with Crippen molar-refractivity contribution in [3.05, 3.63) is 64.7 Å². The van der Waals surface area contributed by atoms with E-state index in [4.69, 9.17) is 17.3 Å². The molecule has 0 aliphatic rings. The van der Waals surface area contributed by atoms with Gasteiger partial charge in [0.2, 0.25) is 0 Å². The van der Waals surface area contributed by atoms with Crippen molar-refractivity contribution in [2.75, 3.05) is 5.73 Å². The zero-order valence-corrected chi connectivity index (χ0v) is 10.7. The molecule has 2 N–H and O–H groups in total. The van der Waals surface area contributed by atoms with Crippen LogP contribution in [-0.4, -0.2) is 5.78 Å². The van der Waals surface area contributed by atoms with E-state index in [9.17, 15) is 4.79 Å². The average Bonchev–Trinajstić information content (AvgIpc) is 2.32. The fourth-order valence-electron chi connectivity index (χ4n) is 1.82. The Kier molecular flexibility index (Phi) is 4.00. The van der Waals surface area contributed by atoms with Crippen LogP contribution in [0.4, 0.5) is 5.69 Å². The maximum absolute atomic E-state index is 11.9. The molecule has 0 saturated carbocycles. The van der Waals surface area contributed by atoms with Crippen molar-refractivity contribution >= 4 is 23.1 Å². The van der Waals surface area contributed by atoms with E-state index in [1.54, 1.807) is 12.1 Å². The lowest BCUT2D eigenvalue weighted by Crippen LogP contribution is -2.06. The molecule has 2 aromatic carbocycles. The van der Waals surface area contributed by atoms with Crippen molar-refractivity contribution in [3.63, 3.8) is 0 Å². The van der Waals surface area contributed by atoms with Crippen LogP contribution in [-0.2, 0) is 17.6 Å². The van der Waals surface area contributed by atoms with Crippen molar-refractivity contribution in [2.45, 2.75) is 12.8 Å². The molecule has 0 saturated heterocycles. The summed E-state index contributed by atoms with van der Waals surface area (Å²) in [5, 5.41) is 0.682. The number of anilines is 1.